The van der Waals surface area contributed by atoms with Crippen LogP contribution >= 0.6 is 0 Å². The van der Waals surface area contributed by atoms with Gasteiger partial charge in [0.1, 0.15) is 11.6 Å². The maximum atomic E-state index is 13.7. The Morgan fingerprint density at radius 1 is 0.437 bits per heavy atom. The Morgan fingerprint density at radius 2 is 0.864 bits per heavy atom. The van der Waals surface area contributed by atoms with Crippen LogP contribution < -0.4 is 65.6 Å². The molecule has 3 saturated heterocycles. The first-order valence-corrected chi connectivity index (χ1v) is 34.3. The molecule has 0 unspecified atom stereocenters. The zero-order chi connectivity index (χ0) is 72.3. The summed E-state index contributed by atoms with van der Waals surface area (Å²) in [6, 6.07) is 22.6. The molecule has 0 radical (unpaired) electrons. The van der Waals surface area contributed by atoms with E-state index in [9.17, 15) is 28.8 Å². The van der Waals surface area contributed by atoms with Gasteiger partial charge in [-0.05, 0) is 103 Å². The van der Waals surface area contributed by atoms with Crippen molar-refractivity contribution in [3.63, 3.8) is 0 Å². The fourth-order valence-corrected chi connectivity index (χ4v) is 13.7. The molecule has 10 aromatic heterocycles. The summed E-state index contributed by atoms with van der Waals surface area (Å²) in [6.45, 7) is 12.2. The molecule has 528 valence electrons. The van der Waals surface area contributed by atoms with Gasteiger partial charge < -0.3 is 31.9 Å². The zero-order valence-corrected chi connectivity index (χ0v) is 58.6. The van der Waals surface area contributed by atoms with Gasteiger partial charge in [0.25, 0.3) is 16.7 Å². The Labute approximate surface area is 589 Å². The third-order valence-corrected chi connectivity index (χ3v) is 18.9. The molecular weight excluding hydrogens is 1310 g/mol. The molecular formula is C73H80N24O6. The van der Waals surface area contributed by atoms with Crippen LogP contribution in [0.5, 0.6) is 0 Å². The van der Waals surface area contributed by atoms with Crippen molar-refractivity contribution in [3.8, 4) is 35.5 Å². The van der Waals surface area contributed by atoms with Crippen molar-refractivity contribution in [2.24, 2.45) is 38.3 Å². The van der Waals surface area contributed by atoms with Crippen LogP contribution in [0.1, 0.15) is 82.3 Å². The largest absolute Gasteiger partial charge is 0.341 e. The molecule has 3 aliphatic heterocycles. The van der Waals surface area contributed by atoms with Crippen LogP contribution in [0.25, 0.3) is 66.3 Å². The molecule has 13 heterocycles. The summed E-state index contributed by atoms with van der Waals surface area (Å²) in [5, 5.41) is 1.83. The quantitative estimate of drug-likeness (QED) is 0.148. The minimum absolute atomic E-state index is 0.0306. The predicted octanol–water partition coefficient (Wildman–Crippen LogP) is 2.83. The van der Waals surface area contributed by atoms with E-state index in [1.807, 2.05) is 67.6 Å². The fraction of sp³-hybridized carbons (Fsp3) is 0.384. The number of anilines is 3. The van der Waals surface area contributed by atoms with Gasteiger partial charge in [-0.2, -0.15) is 15.0 Å². The molecule has 2 aromatic carbocycles. The lowest BCUT2D eigenvalue weighted by Gasteiger charge is -2.31. The monoisotopic (exact) mass is 1390 g/mol. The van der Waals surface area contributed by atoms with E-state index in [4.69, 9.17) is 32.2 Å². The summed E-state index contributed by atoms with van der Waals surface area (Å²) in [5.74, 6) is 20.4. The van der Waals surface area contributed by atoms with Crippen molar-refractivity contribution >= 4 is 84.2 Å². The number of nitrogens with zero attached hydrogens (tertiary/aromatic N) is 21. The summed E-state index contributed by atoms with van der Waals surface area (Å²) in [5.41, 5.74) is 22.3. The molecule has 3 atom stereocenters. The fourth-order valence-electron chi connectivity index (χ4n) is 13.7. The van der Waals surface area contributed by atoms with E-state index in [-0.39, 0.29) is 50.8 Å². The highest BCUT2D eigenvalue weighted by Crippen LogP contribution is 2.27. The standard InChI is InChI=1S/C25H28N8O2.2C24H26N8O2/c1-4-5-13-32-21-22(29-24(32)31-12-8-9-17(26)14-31)30(3)25(35)33(23(21)34)15-20-27-16(2)18-10-6-7-11-19(18)28-20;1-3-4-13-31-20-21(28-23(31)30-12-6-7-16(25)14-30)29(2)24(34)32(22(20)33)15-17-9-10-18-19(27-17)8-5-11-26-18;1-3-4-12-31-20-21(28-23(31)30-11-7-9-17(25)14-30)29(2)24(34)32(22(20)33)15-19-26-13-16-8-5-6-10-18(16)27-19/h6-7,10-11,17H,8-9,12-15,26H2,1-3H3;5,8-11,16H,6-7,12-15,25H2,1-2H3;5-6,8,10,13,17H,7,9,11-12,14-15,25H2,1-2H3/t17-;16-;17-/m111/s1. The Hall–Kier alpha value is -11.9. The zero-order valence-electron chi connectivity index (χ0n) is 58.6. The third kappa shape index (κ3) is 13.8. The van der Waals surface area contributed by atoms with Crippen LogP contribution in [0, 0.1) is 42.4 Å². The second kappa shape index (κ2) is 29.7. The smallest absolute Gasteiger partial charge is 0.332 e. The van der Waals surface area contributed by atoms with Gasteiger partial charge in [-0.25, -0.2) is 39.3 Å². The van der Waals surface area contributed by atoms with Crippen molar-refractivity contribution < 1.29 is 0 Å². The molecule has 0 amide bonds. The molecule has 15 rings (SSSR count). The molecule has 3 fully saturated rings. The van der Waals surface area contributed by atoms with E-state index < -0.39 is 33.7 Å². The lowest BCUT2D eigenvalue weighted by molar-refractivity contribution is 0.496. The van der Waals surface area contributed by atoms with Crippen molar-refractivity contribution in [3.05, 3.63) is 171 Å². The van der Waals surface area contributed by atoms with Gasteiger partial charge in [-0.1, -0.05) is 54.2 Å². The van der Waals surface area contributed by atoms with E-state index in [1.54, 1.807) is 80.1 Å². The molecule has 3 aliphatic rings. The minimum atomic E-state index is -0.470. The lowest BCUT2D eigenvalue weighted by atomic mass is 10.1. The van der Waals surface area contributed by atoms with E-state index in [0.717, 1.165) is 95.7 Å². The number of aromatic nitrogens is 18. The summed E-state index contributed by atoms with van der Waals surface area (Å²) < 4.78 is 13.2. The maximum absolute atomic E-state index is 13.7. The van der Waals surface area contributed by atoms with Gasteiger partial charge in [0.2, 0.25) is 17.8 Å². The number of aryl methyl sites for hydroxylation is 4. The lowest BCUT2D eigenvalue weighted by Crippen LogP contribution is -2.44. The molecule has 0 aliphatic carbocycles. The Kier molecular flexibility index (Phi) is 20.1. The molecule has 6 N–H and O–H groups in total. The van der Waals surface area contributed by atoms with Gasteiger partial charge in [0, 0.05) is 107 Å². The SMILES string of the molecule is CC#CCn1c(N2CCC[C@@H](N)C2)nc2c1c(=O)n(Cc1ccc3ncccc3n1)c(=O)n2C.CC#CCn1c(N2CCC[C@@H](N)C2)nc2c1c(=O)n(Cc1nc(C)c3ccccc3n1)c(=O)n2C.CC#CCn1c(N2CCC[C@@H](N)C2)nc2c1c(=O)n(Cc1ncc3ccccc3n1)c(=O)n2C. The number of para-hydroxylation sites is 2. The molecule has 0 saturated carbocycles. The van der Waals surface area contributed by atoms with Crippen LogP contribution in [-0.2, 0) is 60.4 Å². The Bertz CT molecular complexity index is 5660. The summed E-state index contributed by atoms with van der Waals surface area (Å²) in [4.78, 5) is 128. The van der Waals surface area contributed by atoms with Crippen LogP contribution in [0.3, 0.4) is 0 Å². The average Bonchev–Trinajstić information content (AvgIpc) is 1.64. The van der Waals surface area contributed by atoms with Gasteiger partial charge in [0.05, 0.1) is 67.0 Å². The van der Waals surface area contributed by atoms with E-state index in [2.05, 4.69) is 80.1 Å². The number of imidazole rings is 3. The number of rotatable bonds is 12. The number of nitrogens with two attached hydrogens (primary N) is 3. The molecule has 12 aromatic rings. The molecule has 0 spiro atoms. The first kappa shape index (κ1) is 69.6. The topological polar surface area (TPSA) is 351 Å². The van der Waals surface area contributed by atoms with E-state index in [1.165, 1.54) is 22.8 Å². The third-order valence-electron chi connectivity index (χ3n) is 18.9. The number of fused-ring (bicyclic) bond motifs is 6. The van der Waals surface area contributed by atoms with E-state index in [0.29, 0.717) is 100 Å². The highest BCUT2D eigenvalue weighted by molar-refractivity contribution is 5.81. The van der Waals surface area contributed by atoms with Crippen molar-refractivity contribution in [1.82, 2.24) is 86.0 Å². The first-order chi connectivity index (χ1) is 49.8. The number of piperidine rings is 3. The van der Waals surface area contributed by atoms with Gasteiger partial charge in [-0.15, -0.1) is 17.8 Å². The number of benzene rings is 2. The van der Waals surface area contributed by atoms with E-state index >= 15 is 0 Å². The van der Waals surface area contributed by atoms with Gasteiger partial charge in [-0.3, -0.25) is 60.5 Å². The average molecular weight is 1390 g/mol. The summed E-state index contributed by atoms with van der Waals surface area (Å²) in [7, 11) is 4.88. The van der Waals surface area contributed by atoms with Crippen LogP contribution in [0.15, 0.2) is 114 Å². The van der Waals surface area contributed by atoms with Gasteiger partial charge in [0.15, 0.2) is 33.5 Å². The normalized spacial score (nSPS) is 16.1. The highest BCUT2D eigenvalue weighted by Gasteiger charge is 2.31. The Balaban J connectivity index is 0.000000138. The molecule has 0 bridgehead atoms. The van der Waals surface area contributed by atoms with Crippen molar-refractivity contribution in [1.29, 1.82) is 0 Å². The van der Waals surface area contributed by atoms with Crippen molar-refractivity contribution in [2.75, 3.05) is 54.0 Å². The van der Waals surface area contributed by atoms with Crippen molar-refractivity contribution in [2.45, 2.75) is 124 Å². The maximum Gasteiger partial charge on any atom is 0.332 e. The van der Waals surface area contributed by atoms with Crippen LogP contribution in [0.2, 0.25) is 0 Å². The number of pyridine rings is 2. The van der Waals surface area contributed by atoms with Crippen LogP contribution in [0.4, 0.5) is 17.8 Å². The second-order valence-electron chi connectivity index (χ2n) is 26.0. The molecule has 30 heteroatoms. The number of hydrogen-bond donors (Lipinski definition) is 3. The highest BCUT2D eigenvalue weighted by atomic mass is 16.2. The number of hydrogen-bond acceptors (Lipinski definition) is 21. The molecule has 30 nitrogen and oxygen atoms in total. The summed E-state index contributed by atoms with van der Waals surface area (Å²) in [6.07, 6.45) is 9.05. The Morgan fingerprint density at radius 3 is 1.34 bits per heavy atom. The van der Waals surface area contributed by atoms with Gasteiger partial charge >= 0.3 is 17.1 Å². The first-order valence-electron chi connectivity index (χ1n) is 34.3. The van der Waals surface area contributed by atoms with Crippen LogP contribution in [-0.4, -0.2) is 143 Å². The predicted molar refractivity (Wildman–Crippen MR) is 397 cm³/mol. The summed E-state index contributed by atoms with van der Waals surface area (Å²) >= 11 is 0. The minimum Gasteiger partial charge on any atom is -0.341 e. The molecule has 103 heavy (non-hydrogen) atoms. The second-order valence-corrected chi connectivity index (χ2v) is 26.0.